The van der Waals surface area contributed by atoms with Crippen LogP contribution in [0.15, 0.2) is 155 Å². The topological polar surface area (TPSA) is 135 Å². The van der Waals surface area contributed by atoms with Gasteiger partial charge in [0.25, 0.3) is 11.8 Å². The lowest BCUT2D eigenvalue weighted by atomic mass is 9.49. The lowest BCUT2D eigenvalue weighted by Crippen LogP contribution is -2.53. The number of phenols is 1. The van der Waals surface area contributed by atoms with Gasteiger partial charge in [-0.25, -0.2) is 4.39 Å². The molecule has 0 bridgehead atoms. The molecule has 2 saturated heterocycles. The van der Waals surface area contributed by atoms with Crippen molar-refractivity contribution in [2.45, 2.75) is 24.2 Å². The van der Waals surface area contributed by atoms with Crippen LogP contribution < -0.4 is 15.2 Å². The number of hydrogen-bond acceptors (Lipinski definition) is 9. The van der Waals surface area contributed by atoms with Crippen molar-refractivity contribution >= 4 is 74.4 Å². The molecule has 2 N–H and O–H groups in total. The second-order valence-electron chi connectivity index (χ2n) is 16.7. The summed E-state index contributed by atoms with van der Waals surface area (Å²) < 4.78 is 14.0. The van der Waals surface area contributed by atoms with Gasteiger partial charge in [-0.15, -0.1) is 0 Å². The van der Waals surface area contributed by atoms with Gasteiger partial charge >= 0.3 is 0 Å². The molecule has 314 valence electrons. The van der Waals surface area contributed by atoms with E-state index in [2.05, 4.69) is 15.7 Å². The van der Waals surface area contributed by atoms with E-state index in [1.807, 2.05) is 67.5 Å². The third-order valence-electron chi connectivity index (χ3n) is 13.3. The molecule has 6 atom stereocenters. The van der Waals surface area contributed by atoms with Crippen LogP contribution in [0.5, 0.6) is 5.75 Å². The molecule has 0 aromatic heterocycles. The zero-order valence-electron chi connectivity index (χ0n) is 34.2. The largest absolute Gasteiger partial charge is 0.507 e. The number of nitrogens with zero attached hydrogens (tertiary/aromatic N) is 5. The van der Waals surface area contributed by atoms with Gasteiger partial charge in [0.05, 0.1) is 45.9 Å². The van der Waals surface area contributed by atoms with Crippen molar-refractivity contribution in [3.05, 3.63) is 167 Å². The van der Waals surface area contributed by atoms with Gasteiger partial charge in [0.15, 0.2) is 0 Å². The Balaban J connectivity index is 1.07. The number of hydrogen-bond donors (Lipinski definition) is 2. The van der Waals surface area contributed by atoms with Crippen LogP contribution in [0.4, 0.5) is 32.8 Å². The zero-order chi connectivity index (χ0) is 43.7. The Bertz CT molecular complexity index is 2900. The SMILES string of the molecule is CN(C)c1ccc(N=Nc2ccc(N3C(=O)C4CC=C5C(CC6C(=O)N(Nc7ccc(F)cc7)C(=O)C6(c6ccc(Cl)cc6)C5c5ccc(O)c6ccccc56)C4C3=O)cc2)cc1. The highest BCUT2D eigenvalue weighted by Crippen LogP contribution is 2.65. The standard InChI is InChI=1S/C50H40ClFN6O5/c1-56(2)34-19-15-31(16-20-34)53-54-32-17-21-35(22-18-32)57-46(60)40-24-23-39-41(44(40)48(57)62)27-42-47(61)58(55-33-13-11-30(52)12-14-33)49(63)50(42,28-7-9-29(51)10-8-28)45(39)38-25-26-43(59)37-6-4-3-5-36(37)38/h3-23,25-26,40-42,44-45,55,59H,24,27H2,1-2H3. The molecular weight excluding hydrogens is 819 g/mol. The first-order valence-corrected chi connectivity index (χ1v) is 21.1. The van der Waals surface area contributed by atoms with Gasteiger partial charge in [-0.1, -0.05) is 65.7 Å². The van der Waals surface area contributed by atoms with Crippen LogP contribution in [0.25, 0.3) is 10.8 Å². The maximum atomic E-state index is 15.6. The van der Waals surface area contributed by atoms with E-state index in [0.29, 0.717) is 49.7 Å². The van der Waals surface area contributed by atoms with Gasteiger partial charge in [0.1, 0.15) is 11.6 Å². The summed E-state index contributed by atoms with van der Waals surface area (Å²) in [5.41, 5.74) is 6.35. The average molecular weight is 859 g/mol. The molecule has 1 saturated carbocycles. The van der Waals surface area contributed by atoms with Gasteiger partial charge in [-0.3, -0.25) is 29.5 Å². The minimum atomic E-state index is -1.58. The summed E-state index contributed by atoms with van der Waals surface area (Å²) in [6.07, 6.45) is 2.29. The minimum absolute atomic E-state index is 0.0447. The van der Waals surface area contributed by atoms with Crippen LogP contribution in [0.1, 0.15) is 29.9 Å². The molecule has 4 aliphatic rings. The molecule has 63 heavy (non-hydrogen) atoms. The molecule has 11 nitrogen and oxygen atoms in total. The molecule has 2 heterocycles. The van der Waals surface area contributed by atoms with Gasteiger partial charge in [0, 0.05) is 36.1 Å². The van der Waals surface area contributed by atoms with E-state index in [1.54, 1.807) is 66.7 Å². The van der Waals surface area contributed by atoms with Crippen LogP contribution in [0.3, 0.4) is 0 Å². The van der Waals surface area contributed by atoms with E-state index in [9.17, 15) is 19.1 Å². The molecule has 2 aliphatic carbocycles. The summed E-state index contributed by atoms with van der Waals surface area (Å²) in [6.45, 7) is 0. The van der Waals surface area contributed by atoms with E-state index in [4.69, 9.17) is 11.6 Å². The van der Waals surface area contributed by atoms with Crippen molar-refractivity contribution in [2.75, 3.05) is 29.3 Å². The molecule has 3 fully saturated rings. The molecule has 4 amide bonds. The van der Waals surface area contributed by atoms with E-state index >= 15 is 9.59 Å². The third-order valence-corrected chi connectivity index (χ3v) is 13.5. The predicted molar refractivity (Wildman–Crippen MR) is 239 cm³/mol. The zero-order valence-corrected chi connectivity index (χ0v) is 34.9. The van der Waals surface area contributed by atoms with Gasteiger partial charge < -0.3 is 10.0 Å². The predicted octanol–water partition coefficient (Wildman–Crippen LogP) is 10.0. The molecule has 13 heteroatoms. The summed E-state index contributed by atoms with van der Waals surface area (Å²) >= 11 is 6.45. The first kappa shape index (κ1) is 39.9. The number of benzene rings is 6. The number of anilines is 3. The number of hydrazine groups is 1. The number of rotatable bonds is 8. The molecule has 0 radical (unpaired) electrons. The Morgan fingerprint density at radius 1 is 0.746 bits per heavy atom. The van der Waals surface area contributed by atoms with Crippen molar-refractivity contribution in [3.63, 3.8) is 0 Å². The average Bonchev–Trinajstić information content (AvgIpc) is 3.67. The number of halogens is 2. The van der Waals surface area contributed by atoms with Crippen LogP contribution in [0, 0.1) is 29.5 Å². The lowest BCUT2D eigenvalue weighted by Gasteiger charge is -2.51. The fourth-order valence-electron chi connectivity index (χ4n) is 10.4. The number of amides is 4. The highest BCUT2D eigenvalue weighted by atomic mass is 35.5. The molecule has 6 aromatic rings. The number of carbonyl (C=O) groups is 4. The van der Waals surface area contributed by atoms with E-state index < -0.39 is 52.6 Å². The summed E-state index contributed by atoms with van der Waals surface area (Å²) in [6, 6.07) is 37.4. The van der Waals surface area contributed by atoms with Crippen LogP contribution in [-0.4, -0.2) is 47.8 Å². The van der Waals surface area contributed by atoms with E-state index in [0.717, 1.165) is 16.3 Å². The second-order valence-corrected chi connectivity index (χ2v) is 17.2. The summed E-state index contributed by atoms with van der Waals surface area (Å²) in [4.78, 5) is 63.2. The van der Waals surface area contributed by atoms with Crippen LogP contribution >= 0.6 is 11.6 Å². The minimum Gasteiger partial charge on any atom is -0.507 e. The second kappa shape index (κ2) is 15.3. The highest BCUT2D eigenvalue weighted by molar-refractivity contribution is 6.30. The quantitative estimate of drug-likeness (QED) is 0.0884. The molecule has 10 rings (SSSR count). The van der Waals surface area contributed by atoms with Crippen LogP contribution in [0.2, 0.25) is 5.02 Å². The molecule has 2 aliphatic heterocycles. The number of azo groups is 1. The van der Waals surface area contributed by atoms with Crippen molar-refractivity contribution < 1.29 is 28.7 Å². The number of fused-ring (bicyclic) bond motifs is 5. The number of aromatic hydroxyl groups is 1. The van der Waals surface area contributed by atoms with Crippen LogP contribution in [-0.2, 0) is 24.6 Å². The Morgan fingerprint density at radius 2 is 1.40 bits per heavy atom. The van der Waals surface area contributed by atoms with Crippen molar-refractivity contribution in [1.82, 2.24) is 5.01 Å². The Labute approximate surface area is 367 Å². The first-order valence-electron chi connectivity index (χ1n) is 20.7. The van der Waals surface area contributed by atoms with Gasteiger partial charge in [-0.05, 0) is 126 Å². The number of phenolic OH excluding ortho intramolecular Hbond substituents is 1. The maximum absolute atomic E-state index is 15.6. The lowest BCUT2D eigenvalue weighted by molar-refractivity contribution is -0.138. The van der Waals surface area contributed by atoms with E-state index in [-0.39, 0.29) is 30.4 Å². The highest BCUT2D eigenvalue weighted by Gasteiger charge is 2.70. The summed E-state index contributed by atoms with van der Waals surface area (Å²) in [7, 11) is 3.92. The Morgan fingerprint density at radius 3 is 2.06 bits per heavy atom. The van der Waals surface area contributed by atoms with Crippen molar-refractivity contribution in [1.29, 1.82) is 0 Å². The van der Waals surface area contributed by atoms with Gasteiger partial charge in [0.2, 0.25) is 11.8 Å². The number of carbonyl (C=O) groups excluding carboxylic acids is 4. The molecule has 6 unspecified atom stereocenters. The summed E-state index contributed by atoms with van der Waals surface area (Å²) in [5, 5.41) is 22.5. The molecular formula is C50H40ClFN6O5. The summed E-state index contributed by atoms with van der Waals surface area (Å²) in [5.74, 6) is -6.27. The molecule has 6 aromatic carbocycles. The Kier molecular flexibility index (Phi) is 9.71. The maximum Gasteiger partial charge on any atom is 0.260 e. The molecule has 0 spiro atoms. The first-order chi connectivity index (χ1) is 30.4. The smallest absolute Gasteiger partial charge is 0.260 e. The number of imide groups is 2. The number of nitrogens with one attached hydrogen (secondary N) is 1. The van der Waals surface area contributed by atoms with Crippen molar-refractivity contribution in [2.24, 2.45) is 33.9 Å². The Hall–Kier alpha value is -7.18. The monoisotopic (exact) mass is 858 g/mol. The number of allylic oxidation sites excluding steroid dienone is 2. The third kappa shape index (κ3) is 6.38. The normalized spacial score (nSPS) is 24.1. The van der Waals surface area contributed by atoms with Crippen molar-refractivity contribution in [3.8, 4) is 5.75 Å². The fraction of sp³-hybridized carbons (Fsp3) is 0.200. The fourth-order valence-corrected chi connectivity index (χ4v) is 10.5. The van der Waals surface area contributed by atoms with E-state index in [1.165, 1.54) is 29.2 Å². The van der Waals surface area contributed by atoms with Gasteiger partial charge in [-0.2, -0.15) is 15.2 Å².